The molecule has 3 heterocycles. The molecule has 1 amide bonds. The van der Waals surface area contributed by atoms with Crippen LogP contribution in [0.1, 0.15) is 47.7 Å². The highest BCUT2D eigenvalue weighted by Crippen LogP contribution is 2.28. The van der Waals surface area contributed by atoms with Gasteiger partial charge in [-0.25, -0.2) is 0 Å². The molecule has 1 aliphatic rings. The number of likely N-dealkylation sites (tertiary alicyclic amines) is 1. The van der Waals surface area contributed by atoms with Gasteiger partial charge >= 0.3 is 0 Å². The van der Waals surface area contributed by atoms with Crippen LogP contribution in [0, 0.1) is 0 Å². The van der Waals surface area contributed by atoms with E-state index in [0.717, 1.165) is 50.7 Å². The summed E-state index contributed by atoms with van der Waals surface area (Å²) in [6.45, 7) is 5.29. The Bertz CT molecular complexity index is 725. The van der Waals surface area contributed by atoms with Crippen LogP contribution in [-0.2, 0) is 20.1 Å². The molecule has 2 aromatic heterocycles. The Morgan fingerprint density at radius 2 is 2.00 bits per heavy atom. The van der Waals surface area contributed by atoms with Gasteiger partial charge in [0, 0.05) is 38.8 Å². The Morgan fingerprint density at radius 3 is 2.56 bits per heavy atom. The van der Waals surface area contributed by atoms with Crippen LogP contribution in [0.2, 0.25) is 0 Å². The third-order valence-corrected chi connectivity index (χ3v) is 4.73. The normalized spacial score (nSPS) is 16.0. The highest BCUT2D eigenvalue weighted by molar-refractivity contribution is 5.93. The Hall–Kier alpha value is -2.22. The smallest absolute Gasteiger partial charge is 0.257 e. The predicted octanol–water partition coefficient (Wildman–Crippen LogP) is 1.11. The molecule has 1 fully saturated rings. The number of hydrogen-bond donors (Lipinski definition) is 0. The second-order valence-electron chi connectivity index (χ2n) is 6.93. The van der Waals surface area contributed by atoms with Gasteiger partial charge in [0.1, 0.15) is 11.6 Å². The van der Waals surface area contributed by atoms with E-state index in [9.17, 15) is 4.79 Å². The second kappa shape index (κ2) is 7.35. The number of carbonyl (C=O) groups is 1. The van der Waals surface area contributed by atoms with E-state index in [1.54, 1.807) is 17.1 Å². The number of amides is 1. The monoisotopic (exact) mass is 345 g/mol. The van der Waals surface area contributed by atoms with E-state index >= 15 is 0 Å². The van der Waals surface area contributed by atoms with Gasteiger partial charge in [0.15, 0.2) is 0 Å². The fraction of sp³-hybridized carbons (Fsp3) is 0.647. The van der Waals surface area contributed by atoms with Crippen molar-refractivity contribution < 1.29 is 4.79 Å². The van der Waals surface area contributed by atoms with Gasteiger partial charge in [-0.1, -0.05) is 0 Å². The number of nitrogens with zero attached hydrogens (tertiary/aromatic N) is 7. The number of carbonyl (C=O) groups excluding carboxylic acids is 1. The van der Waals surface area contributed by atoms with Crippen molar-refractivity contribution in [2.75, 3.05) is 27.2 Å². The molecule has 8 nitrogen and oxygen atoms in total. The number of hydrogen-bond acceptors (Lipinski definition) is 5. The van der Waals surface area contributed by atoms with Crippen molar-refractivity contribution in [3.8, 4) is 0 Å². The van der Waals surface area contributed by atoms with E-state index < -0.39 is 0 Å². The topological polar surface area (TPSA) is 72.1 Å². The molecule has 0 spiro atoms. The average Bonchev–Trinajstić information content (AvgIpc) is 3.20. The maximum absolute atomic E-state index is 12.5. The van der Waals surface area contributed by atoms with Gasteiger partial charge < -0.3 is 14.4 Å². The van der Waals surface area contributed by atoms with Gasteiger partial charge in [0.25, 0.3) is 5.91 Å². The standard InChI is InChI=1S/C17H27N7O/c1-5-24-15(12-21(2)3)19-20-16(24)13-6-8-23(9-7-13)17(25)14-10-18-22(4)11-14/h10-11,13H,5-9,12H2,1-4H3. The van der Waals surface area contributed by atoms with Gasteiger partial charge in [-0.2, -0.15) is 5.10 Å². The summed E-state index contributed by atoms with van der Waals surface area (Å²) in [4.78, 5) is 16.6. The van der Waals surface area contributed by atoms with E-state index in [0.29, 0.717) is 11.5 Å². The van der Waals surface area contributed by atoms with E-state index in [2.05, 4.69) is 31.7 Å². The summed E-state index contributed by atoms with van der Waals surface area (Å²) in [5.41, 5.74) is 0.658. The molecule has 0 unspecified atom stereocenters. The van der Waals surface area contributed by atoms with Crippen LogP contribution in [0.4, 0.5) is 0 Å². The molecule has 25 heavy (non-hydrogen) atoms. The summed E-state index contributed by atoms with van der Waals surface area (Å²) in [7, 11) is 5.90. The SMILES string of the molecule is CCn1c(CN(C)C)nnc1C1CCN(C(=O)c2cnn(C)c2)CC1. The van der Waals surface area contributed by atoms with Crippen molar-refractivity contribution in [3.63, 3.8) is 0 Å². The molecular weight excluding hydrogens is 318 g/mol. The van der Waals surface area contributed by atoms with Crippen molar-refractivity contribution >= 4 is 5.91 Å². The van der Waals surface area contributed by atoms with E-state index in [1.807, 2.05) is 26.0 Å². The van der Waals surface area contributed by atoms with E-state index in [4.69, 9.17) is 0 Å². The molecule has 136 valence electrons. The summed E-state index contributed by atoms with van der Waals surface area (Å²) in [6.07, 6.45) is 5.25. The third-order valence-electron chi connectivity index (χ3n) is 4.73. The molecule has 0 aromatic carbocycles. The molecular formula is C17H27N7O. The maximum atomic E-state index is 12.5. The van der Waals surface area contributed by atoms with Crippen molar-refractivity contribution in [1.82, 2.24) is 34.3 Å². The molecule has 8 heteroatoms. The molecule has 0 saturated carbocycles. The van der Waals surface area contributed by atoms with Crippen LogP contribution in [0.25, 0.3) is 0 Å². The minimum atomic E-state index is 0.0665. The van der Waals surface area contributed by atoms with E-state index in [-0.39, 0.29) is 5.91 Å². The second-order valence-corrected chi connectivity index (χ2v) is 6.93. The number of piperidine rings is 1. The fourth-order valence-corrected chi connectivity index (χ4v) is 3.45. The quantitative estimate of drug-likeness (QED) is 0.812. The third kappa shape index (κ3) is 3.73. The molecule has 1 saturated heterocycles. The van der Waals surface area contributed by atoms with Crippen LogP contribution in [0.15, 0.2) is 12.4 Å². The van der Waals surface area contributed by atoms with Gasteiger partial charge in [0.2, 0.25) is 0 Å². The molecule has 1 aliphatic heterocycles. The van der Waals surface area contributed by atoms with Crippen molar-refractivity contribution in [2.45, 2.75) is 38.8 Å². The average molecular weight is 345 g/mol. The Kier molecular flexibility index (Phi) is 5.17. The predicted molar refractivity (Wildman–Crippen MR) is 94.2 cm³/mol. The Morgan fingerprint density at radius 1 is 1.28 bits per heavy atom. The zero-order chi connectivity index (χ0) is 18.0. The lowest BCUT2D eigenvalue weighted by Crippen LogP contribution is -2.38. The largest absolute Gasteiger partial charge is 0.339 e. The molecule has 0 radical (unpaired) electrons. The highest BCUT2D eigenvalue weighted by Gasteiger charge is 2.28. The van der Waals surface area contributed by atoms with Crippen molar-refractivity contribution in [1.29, 1.82) is 0 Å². The summed E-state index contributed by atoms with van der Waals surface area (Å²) in [5.74, 6) is 2.50. The summed E-state index contributed by atoms with van der Waals surface area (Å²) in [6, 6.07) is 0. The number of aromatic nitrogens is 5. The fourth-order valence-electron chi connectivity index (χ4n) is 3.45. The maximum Gasteiger partial charge on any atom is 0.257 e. The minimum absolute atomic E-state index is 0.0665. The van der Waals surface area contributed by atoms with Crippen molar-refractivity contribution in [2.24, 2.45) is 7.05 Å². The van der Waals surface area contributed by atoms with Crippen LogP contribution in [0.3, 0.4) is 0 Å². The zero-order valence-electron chi connectivity index (χ0n) is 15.5. The molecule has 0 N–H and O–H groups in total. The lowest BCUT2D eigenvalue weighted by molar-refractivity contribution is 0.0710. The van der Waals surface area contributed by atoms with Gasteiger partial charge in [-0.15, -0.1) is 10.2 Å². The summed E-state index contributed by atoms with van der Waals surface area (Å²) >= 11 is 0. The first-order valence-corrected chi connectivity index (χ1v) is 8.84. The minimum Gasteiger partial charge on any atom is -0.339 e. The lowest BCUT2D eigenvalue weighted by atomic mass is 9.95. The Balaban J connectivity index is 1.66. The molecule has 0 aliphatic carbocycles. The first-order chi connectivity index (χ1) is 12.0. The Labute approximate surface area is 148 Å². The highest BCUT2D eigenvalue weighted by atomic mass is 16.2. The van der Waals surface area contributed by atoms with Crippen molar-refractivity contribution in [3.05, 3.63) is 29.6 Å². The van der Waals surface area contributed by atoms with E-state index in [1.165, 1.54) is 0 Å². The van der Waals surface area contributed by atoms with Gasteiger partial charge in [-0.05, 0) is 33.9 Å². The molecule has 2 aromatic rings. The van der Waals surface area contributed by atoms with Gasteiger partial charge in [-0.3, -0.25) is 9.48 Å². The molecule has 0 atom stereocenters. The summed E-state index contributed by atoms with van der Waals surface area (Å²) in [5, 5.41) is 12.9. The van der Waals surface area contributed by atoms with Crippen LogP contribution < -0.4 is 0 Å². The van der Waals surface area contributed by atoms with Crippen LogP contribution in [-0.4, -0.2) is 67.4 Å². The molecule has 0 bridgehead atoms. The van der Waals surface area contributed by atoms with Gasteiger partial charge in [0.05, 0.1) is 18.3 Å². The summed E-state index contributed by atoms with van der Waals surface area (Å²) < 4.78 is 3.89. The first kappa shape index (κ1) is 17.6. The lowest BCUT2D eigenvalue weighted by Gasteiger charge is -2.31. The van der Waals surface area contributed by atoms with Crippen LogP contribution in [0.5, 0.6) is 0 Å². The zero-order valence-corrected chi connectivity index (χ0v) is 15.5. The number of aryl methyl sites for hydroxylation is 1. The first-order valence-electron chi connectivity index (χ1n) is 8.84. The number of rotatable bonds is 5. The molecule has 3 rings (SSSR count). The van der Waals surface area contributed by atoms with Crippen LogP contribution >= 0.6 is 0 Å².